The van der Waals surface area contributed by atoms with Crippen LogP contribution in [0.15, 0.2) is 18.5 Å². The lowest BCUT2D eigenvalue weighted by molar-refractivity contribution is 0.104. The fourth-order valence-corrected chi connectivity index (χ4v) is 1.08. The van der Waals surface area contributed by atoms with Crippen LogP contribution in [0.1, 0.15) is 18.1 Å². The van der Waals surface area contributed by atoms with Crippen LogP contribution < -0.4 is 5.32 Å². The maximum absolute atomic E-state index is 5.55. The molecule has 0 saturated heterocycles. The molecule has 0 saturated carbocycles. The molecular weight excluding hydrogens is 176 g/mol. The number of hydrogen-bond donors (Lipinski definition) is 1. The van der Waals surface area contributed by atoms with E-state index in [1.165, 1.54) is 5.56 Å². The summed E-state index contributed by atoms with van der Waals surface area (Å²) in [5, 5.41) is 3.13. The van der Waals surface area contributed by atoms with E-state index in [-0.39, 0.29) is 0 Å². The second-order valence-electron chi connectivity index (χ2n) is 3.51. The van der Waals surface area contributed by atoms with Crippen LogP contribution in [0.25, 0.3) is 0 Å². The van der Waals surface area contributed by atoms with Gasteiger partial charge in [0, 0.05) is 18.4 Å². The Bertz CT molecular complexity index is 276. The maximum atomic E-state index is 5.55. The van der Waals surface area contributed by atoms with Crippen LogP contribution in [0.2, 0.25) is 0 Å². The van der Waals surface area contributed by atoms with E-state index >= 15 is 0 Å². The van der Waals surface area contributed by atoms with E-state index in [2.05, 4.69) is 24.1 Å². The molecule has 1 heterocycles. The Morgan fingerprint density at radius 2 is 2.36 bits per heavy atom. The van der Waals surface area contributed by atoms with Gasteiger partial charge in [0.25, 0.3) is 0 Å². The summed E-state index contributed by atoms with van der Waals surface area (Å²) in [5.41, 5.74) is 2.40. The first-order valence-electron chi connectivity index (χ1n) is 4.88. The lowest BCUT2D eigenvalue weighted by Crippen LogP contribution is -2.26. The van der Waals surface area contributed by atoms with Gasteiger partial charge < -0.3 is 10.1 Å². The van der Waals surface area contributed by atoms with Gasteiger partial charge in [-0.25, -0.2) is 0 Å². The predicted molar refractivity (Wildman–Crippen MR) is 57.2 cm³/mol. The molecule has 0 spiro atoms. The van der Waals surface area contributed by atoms with Gasteiger partial charge in [-0.3, -0.25) is 4.98 Å². The van der Waals surface area contributed by atoms with E-state index in [4.69, 9.17) is 4.74 Å². The fraction of sp³-hybridized carbons (Fsp3) is 0.545. The number of nitrogens with one attached hydrogen (secondary N) is 1. The van der Waals surface area contributed by atoms with Gasteiger partial charge >= 0.3 is 0 Å². The Balaban J connectivity index is 2.35. The average Bonchev–Trinajstić information content (AvgIpc) is 2.20. The summed E-state index contributed by atoms with van der Waals surface area (Å²) < 4.78 is 5.55. The fourth-order valence-electron chi connectivity index (χ4n) is 1.08. The van der Waals surface area contributed by atoms with E-state index in [9.17, 15) is 0 Å². The van der Waals surface area contributed by atoms with E-state index in [1.54, 1.807) is 6.20 Å². The molecule has 1 rings (SSSR count). The second kappa shape index (κ2) is 5.73. The Morgan fingerprint density at radius 1 is 1.57 bits per heavy atom. The Hall–Kier alpha value is -0.930. The molecule has 0 aliphatic carbocycles. The van der Waals surface area contributed by atoms with Gasteiger partial charge in [-0.05, 0) is 38.1 Å². The third kappa shape index (κ3) is 3.44. The van der Waals surface area contributed by atoms with Crippen LogP contribution >= 0.6 is 0 Å². The van der Waals surface area contributed by atoms with Gasteiger partial charge in [-0.15, -0.1) is 0 Å². The standard InChI is InChI=1S/C11H18N2O/c1-9-4-5-13-6-11(9)8-14-7-10(2)12-3/h4-6,10,12H,7-8H2,1-3H3. The Morgan fingerprint density at radius 3 is 3.00 bits per heavy atom. The highest BCUT2D eigenvalue weighted by Crippen LogP contribution is 2.06. The number of aryl methyl sites for hydroxylation is 1. The molecule has 1 unspecified atom stereocenters. The van der Waals surface area contributed by atoms with Crippen LogP contribution in [0.4, 0.5) is 0 Å². The van der Waals surface area contributed by atoms with Gasteiger partial charge in [0.15, 0.2) is 0 Å². The van der Waals surface area contributed by atoms with Crippen LogP contribution in [0.5, 0.6) is 0 Å². The number of nitrogens with zero attached hydrogens (tertiary/aromatic N) is 1. The summed E-state index contributed by atoms with van der Waals surface area (Å²) in [6.45, 7) is 5.54. The molecule has 3 heteroatoms. The van der Waals surface area contributed by atoms with E-state index in [0.717, 1.165) is 12.2 Å². The molecule has 1 N–H and O–H groups in total. The number of ether oxygens (including phenoxy) is 1. The number of hydrogen-bond acceptors (Lipinski definition) is 3. The summed E-state index contributed by atoms with van der Waals surface area (Å²) in [4.78, 5) is 4.07. The predicted octanol–water partition coefficient (Wildman–Crippen LogP) is 1.51. The van der Waals surface area contributed by atoms with Gasteiger partial charge in [0.2, 0.25) is 0 Å². The van der Waals surface area contributed by atoms with Crippen LogP contribution in [0.3, 0.4) is 0 Å². The van der Waals surface area contributed by atoms with Crippen LogP contribution in [-0.4, -0.2) is 24.7 Å². The summed E-state index contributed by atoms with van der Waals surface area (Å²) >= 11 is 0. The van der Waals surface area contributed by atoms with Crippen molar-refractivity contribution in [2.24, 2.45) is 0 Å². The Labute approximate surface area is 85.5 Å². The molecule has 1 atom stereocenters. The lowest BCUT2D eigenvalue weighted by atomic mass is 10.2. The summed E-state index contributed by atoms with van der Waals surface area (Å²) in [7, 11) is 1.93. The van der Waals surface area contributed by atoms with Crippen molar-refractivity contribution < 1.29 is 4.74 Å². The third-order valence-electron chi connectivity index (χ3n) is 2.27. The minimum atomic E-state index is 0.395. The monoisotopic (exact) mass is 194 g/mol. The van der Waals surface area contributed by atoms with E-state index in [1.807, 2.05) is 19.3 Å². The van der Waals surface area contributed by atoms with Gasteiger partial charge in [0.1, 0.15) is 0 Å². The zero-order valence-corrected chi connectivity index (χ0v) is 9.08. The summed E-state index contributed by atoms with van der Waals surface area (Å²) in [6, 6.07) is 2.40. The first-order chi connectivity index (χ1) is 6.74. The van der Waals surface area contributed by atoms with Crippen molar-refractivity contribution in [2.45, 2.75) is 26.5 Å². The molecule has 0 aromatic carbocycles. The van der Waals surface area contributed by atoms with Crippen molar-refractivity contribution in [3.63, 3.8) is 0 Å². The molecule has 14 heavy (non-hydrogen) atoms. The van der Waals surface area contributed by atoms with Crippen LogP contribution in [-0.2, 0) is 11.3 Å². The molecular formula is C11H18N2O. The largest absolute Gasteiger partial charge is 0.375 e. The van der Waals surface area contributed by atoms with Crippen molar-refractivity contribution in [3.05, 3.63) is 29.6 Å². The molecule has 0 aliphatic rings. The molecule has 0 bridgehead atoms. The number of pyridine rings is 1. The van der Waals surface area contributed by atoms with Gasteiger partial charge in [0.05, 0.1) is 13.2 Å². The molecule has 0 aliphatic heterocycles. The second-order valence-corrected chi connectivity index (χ2v) is 3.51. The smallest absolute Gasteiger partial charge is 0.0735 e. The summed E-state index contributed by atoms with van der Waals surface area (Å²) in [6.07, 6.45) is 3.66. The quantitative estimate of drug-likeness (QED) is 0.771. The number of aromatic nitrogens is 1. The van der Waals surface area contributed by atoms with Gasteiger partial charge in [-0.2, -0.15) is 0 Å². The SMILES string of the molecule is CNC(C)COCc1cnccc1C. The first kappa shape index (κ1) is 11.1. The molecule has 0 radical (unpaired) electrons. The minimum absolute atomic E-state index is 0.395. The van der Waals surface area contributed by atoms with Crippen molar-refractivity contribution in [1.29, 1.82) is 0 Å². The molecule has 1 aromatic rings. The highest BCUT2D eigenvalue weighted by atomic mass is 16.5. The number of rotatable bonds is 5. The zero-order chi connectivity index (χ0) is 10.4. The van der Waals surface area contributed by atoms with Crippen molar-refractivity contribution in [3.8, 4) is 0 Å². The van der Waals surface area contributed by atoms with Crippen molar-refractivity contribution >= 4 is 0 Å². The average molecular weight is 194 g/mol. The topological polar surface area (TPSA) is 34.1 Å². The van der Waals surface area contributed by atoms with E-state index < -0.39 is 0 Å². The molecule has 3 nitrogen and oxygen atoms in total. The van der Waals surface area contributed by atoms with Crippen molar-refractivity contribution in [2.75, 3.05) is 13.7 Å². The normalized spacial score (nSPS) is 12.8. The third-order valence-corrected chi connectivity index (χ3v) is 2.27. The first-order valence-corrected chi connectivity index (χ1v) is 4.88. The van der Waals surface area contributed by atoms with E-state index in [0.29, 0.717) is 12.6 Å². The van der Waals surface area contributed by atoms with Gasteiger partial charge in [-0.1, -0.05) is 0 Å². The summed E-state index contributed by atoms with van der Waals surface area (Å²) in [5.74, 6) is 0. The molecule has 0 fully saturated rings. The minimum Gasteiger partial charge on any atom is -0.375 e. The molecule has 0 amide bonds. The highest BCUT2D eigenvalue weighted by Gasteiger charge is 2.00. The molecule has 78 valence electrons. The van der Waals surface area contributed by atoms with Crippen LogP contribution in [0, 0.1) is 6.92 Å². The lowest BCUT2D eigenvalue weighted by Gasteiger charge is -2.11. The zero-order valence-electron chi connectivity index (χ0n) is 9.08. The molecule has 1 aromatic heterocycles. The highest BCUT2D eigenvalue weighted by molar-refractivity contribution is 5.20. The number of likely N-dealkylation sites (N-methyl/N-ethyl adjacent to an activating group) is 1. The van der Waals surface area contributed by atoms with Crippen molar-refractivity contribution in [1.82, 2.24) is 10.3 Å². The Kier molecular flexibility index (Phi) is 4.56. The maximum Gasteiger partial charge on any atom is 0.0735 e.